The average Bonchev–Trinajstić information content (AvgIpc) is 2.68. The molecule has 1 aliphatic heterocycles. The van der Waals surface area contributed by atoms with Gasteiger partial charge in [-0.25, -0.2) is 4.79 Å². The summed E-state index contributed by atoms with van der Waals surface area (Å²) in [5, 5.41) is 15.7. The Labute approximate surface area is 87.5 Å². The quantitative estimate of drug-likeness (QED) is 0.775. The van der Waals surface area contributed by atoms with Gasteiger partial charge in [-0.15, -0.1) is 0 Å². The molecule has 0 atom stereocenters. The van der Waals surface area contributed by atoms with Gasteiger partial charge >= 0.3 is 5.97 Å². The van der Waals surface area contributed by atoms with Crippen LogP contribution in [0, 0.1) is 5.92 Å². The van der Waals surface area contributed by atoms with Crippen molar-refractivity contribution in [1.29, 1.82) is 0 Å². The van der Waals surface area contributed by atoms with Gasteiger partial charge in [0.1, 0.15) is 0 Å². The lowest BCUT2D eigenvalue weighted by atomic mass is 9.93. The second-order valence-electron chi connectivity index (χ2n) is 3.89. The number of aromatic nitrogens is 1. The zero-order chi connectivity index (χ0) is 10.7. The third kappa shape index (κ3) is 2.56. The fourth-order valence-corrected chi connectivity index (χ4v) is 1.89. The topological polar surface area (TPSA) is 75.4 Å². The van der Waals surface area contributed by atoms with Gasteiger partial charge in [0, 0.05) is 6.07 Å². The predicted octanol–water partition coefficient (Wildman–Crippen LogP) is 0.915. The van der Waals surface area contributed by atoms with Crippen molar-refractivity contribution < 1.29 is 14.4 Å². The molecule has 1 aromatic rings. The number of carboxylic acids is 1. The Bertz CT molecular complexity index is 342. The molecule has 0 unspecified atom stereocenters. The second-order valence-corrected chi connectivity index (χ2v) is 3.89. The molecule has 0 bridgehead atoms. The van der Waals surface area contributed by atoms with Gasteiger partial charge in [-0.05, 0) is 38.3 Å². The van der Waals surface area contributed by atoms with Crippen LogP contribution in [-0.2, 0) is 6.42 Å². The van der Waals surface area contributed by atoms with Crippen LogP contribution in [-0.4, -0.2) is 29.3 Å². The first kappa shape index (κ1) is 10.2. The van der Waals surface area contributed by atoms with E-state index in [1.165, 1.54) is 6.07 Å². The van der Waals surface area contributed by atoms with Gasteiger partial charge in [-0.1, -0.05) is 5.16 Å². The molecule has 1 saturated heterocycles. The van der Waals surface area contributed by atoms with Crippen LogP contribution >= 0.6 is 0 Å². The van der Waals surface area contributed by atoms with Gasteiger partial charge in [0.15, 0.2) is 0 Å². The van der Waals surface area contributed by atoms with Crippen molar-refractivity contribution in [1.82, 2.24) is 10.5 Å². The van der Waals surface area contributed by atoms with Crippen LogP contribution in [0.4, 0.5) is 0 Å². The number of rotatable bonds is 3. The smallest absolute Gasteiger partial charge is 0.374 e. The molecule has 5 heteroatoms. The largest absolute Gasteiger partial charge is 0.475 e. The molecule has 1 aliphatic rings. The molecule has 1 fully saturated rings. The van der Waals surface area contributed by atoms with E-state index >= 15 is 0 Å². The van der Waals surface area contributed by atoms with Crippen molar-refractivity contribution in [3.8, 4) is 0 Å². The van der Waals surface area contributed by atoms with Crippen LogP contribution in [0.1, 0.15) is 29.1 Å². The summed E-state index contributed by atoms with van der Waals surface area (Å²) in [6.45, 7) is 2.07. The highest BCUT2D eigenvalue weighted by Gasteiger charge is 2.17. The molecule has 0 aliphatic carbocycles. The van der Waals surface area contributed by atoms with E-state index in [1.807, 2.05) is 0 Å². The zero-order valence-corrected chi connectivity index (χ0v) is 8.40. The van der Waals surface area contributed by atoms with Gasteiger partial charge in [0.05, 0.1) is 5.69 Å². The van der Waals surface area contributed by atoms with E-state index in [0.717, 1.165) is 38.0 Å². The number of aromatic carboxylic acids is 1. The summed E-state index contributed by atoms with van der Waals surface area (Å²) in [6.07, 6.45) is 3.06. The normalized spacial score (nSPS) is 17.9. The van der Waals surface area contributed by atoms with Crippen LogP contribution in [0.15, 0.2) is 10.6 Å². The first-order valence-electron chi connectivity index (χ1n) is 5.15. The molecule has 0 spiro atoms. The van der Waals surface area contributed by atoms with E-state index < -0.39 is 5.97 Å². The highest BCUT2D eigenvalue weighted by atomic mass is 16.5. The first-order valence-corrected chi connectivity index (χ1v) is 5.15. The van der Waals surface area contributed by atoms with Crippen LogP contribution in [0.2, 0.25) is 0 Å². The molecular weight excluding hydrogens is 196 g/mol. The van der Waals surface area contributed by atoms with Crippen molar-refractivity contribution in [2.24, 2.45) is 5.92 Å². The average molecular weight is 210 g/mol. The molecule has 0 radical (unpaired) electrons. The lowest BCUT2D eigenvalue weighted by Crippen LogP contribution is -2.28. The van der Waals surface area contributed by atoms with E-state index in [-0.39, 0.29) is 5.76 Å². The minimum Gasteiger partial charge on any atom is -0.475 e. The number of carboxylic acid groups (broad SMARTS) is 1. The number of hydrogen-bond donors (Lipinski definition) is 2. The van der Waals surface area contributed by atoms with Crippen molar-refractivity contribution >= 4 is 5.97 Å². The van der Waals surface area contributed by atoms with Gasteiger partial charge in [0.2, 0.25) is 5.76 Å². The van der Waals surface area contributed by atoms with E-state index in [1.54, 1.807) is 0 Å². The summed E-state index contributed by atoms with van der Waals surface area (Å²) in [4.78, 5) is 10.6. The maximum absolute atomic E-state index is 10.6. The monoisotopic (exact) mass is 210 g/mol. The standard InChI is InChI=1S/C10H14N2O3/c13-10(14)9-6-8(12-15-9)5-7-1-3-11-4-2-7/h6-7,11H,1-5H2,(H,13,14). The fraction of sp³-hybridized carbons (Fsp3) is 0.600. The number of carbonyl (C=O) groups is 1. The summed E-state index contributed by atoms with van der Waals surface area (Å²) in [6, 6.07) is 1.52. The summed E-state index contributed by atoms with van der Waals surface area (Å²) in [5.74, 6) is -0.531. The fourth-order valence-electron chi connectivity index (χ4n) is 1.89. The van der Waals surface area contributed by atoms with Gasteiger partial charge in [0.25, 0.3) is 0 Å². The molecule has 0 aromatic carbocycles. The summed E-state index contributed by atoms with van der Waals surface area (Å²) >= 11 is 0. The molecular formula is C10H14N2O3. The molecule has 2 N–H and O–H groups in total. The molecule has 15 heavy (non-hydrogen) atoms. The Hall–Kier alpha value is -1.36. The summed E-state index contributed by atoms with van der Waals surface area (Å²) < 4.78 is 4.70. The second kappa shape index (κ2) is 4.44. The predicted molar refractivity (Wildman–Crippen MR) is 52.8 cm³/mol. The third-order valence-electron chi connectivity index (χ3n) is 2.73. The summed E-state index contributed by atoms with van der Waals surface area (Å²) in [5.41, 5.74) is 0.749. The minimum absolute atomic E-state index is 0.0704. The Balaban J connectivity index is 1.94. The van der Waals surface area contributed by atoms with Crippen molar-refractivity contribution in [2.45, 2.75) is 19.3 Å². The highest BCUT2D eigenvalue weighted by molar-refractivity contribution is 5.84. The Morgan fingerprint density at radius 2 is 2.33 bits per heavy atom. The van der Waals surface area contributed by atoms with Gasteiger partial charge < -0.3 is 14.9 Å². The first-order chi connectivity index (χ1) is 7.25. The summed E-state index contributed by atoms with van der Waals surface area (Å²) in [7, 11) is 0. The zero-order valence-electron chi connectivity index (χ0n) is 8.40. The molecule has 0 saturated carbocycles. The van der Waals surface area contributed by atoms with E-state index in [9.17, 15) is 4.79 Å². The van der Waals surface area contributed by atoms with E-state index in [0.29, 0.717) is 5.92 Å². The maximum Gasteiger partial charge on any atom is 0.374 e. The SMILES string of the molecule is O=C(O)c1cc(CC2CCNCC2)no1. The molecule has 1 aromatic heterocycles. The molecule has 82 valence electrons. The molecule has 0 amide bonds. The molecule has 2 rings (SSSR count). The Morgan fingerprint density at radius 3 is 2.93 bits per heavy atom. The van der Waals surface area contributed by atoms with Gasteiger partial charge in [-0.3, -0.25) is 0 Å². The van der Waals surface area contributed by atoms with Crippen LogP contribution in [0.5, 0.6) is 0 Å². The lowest BCUT2D eigenvalue weighted by Gasteiger charge is -2.21. The van der Waals surface area contributed by atoms with Crippen molar-refractivity contribution in [3.63, 3.8) is 0 Å². The Morgan fingerprint density at radius 1 is 1.60 bits per heavy atom. The number of piperidine rings is 1. The number of nitrogens with one attached hydrogen (secondary N) is 1. The molecule has 5 nitrogen and oxygen atoms in total. The van der Waals surface area contributed by atoms with Crippen LogP contribution in [0.3, 0.4) is 0 Å². The van der Waals surface area contributed by atoms with Crippen molar-refractivity contribution in [3.05, 3.63) is 17.5 Å². The maximum atomic E-state index is 10.6. The highest BCUT2D eigenvalue weighted by Crippen LogP contribution is 2.17. The number of nitrogens with zero attached hydrogens (tertiary/aromatic N) is 1. The van der Waals surface area contributed by atoms with E-state index in [2.05, 4.69) is 10.5 Å². The van der Waals surface area contributed by atoms with Crippen LogP contribution in [0.25, 0.3) is 0 Å². The van der Waals surface area contributed by atoms with Crippen LogP contribution < -0.4 is 5.32 Å². The third-order valence-corrected chi connectivity index (χ3v) is 2.73. The number of hydrogen-bond acceptors (Lipinski definition) is 4. The molecule has 2 heterocycles. The van der Waals surface area contributed by atoms with E-state index in [4.69, 9.17) is 9.63 Å². The van der Waals surface area contributed by atoms with Gasteiger partial charge in [-0.2, -0.15) is 0 Å². The Kier molecular flexibility index (Phi) is 3.01. The minimum atomic E-state index is -1.06. The lowest BCUT2D eigenvalue weighted by molar-refractivity contribution is 0.0652. The van der Waals surface area contributed by atoms with Crippen molar-refractivity contribution in [2.75, 3.05) is 13.1 Å².